The second-order valence-electron chi connectivity index (χ2n) is 7.67. The van der Waals surface area contributed by atoms with Crippen LogP contribution in [-0.4, -0.2) is 35.1 Å². The molecule has 0 unspecified atom stereocenters. The number of anilines is 2. The van der Waals surface area contributed by atoms with Crippen LogP contribution in [0.2, 0.25) is 0 Å². The van der Waals surface area contributed by atoms with Crippen LogP contribution in [0.3, 0.4) is 0 Å². The maximum atomic E-state index is 14.6. The summed E-state index contributed by atoms with van der Waals surface area (Å²) in [4.78, 5) is 20.5. The van der Waals surface area contributed by atoms with E-state index in [0.717, 1.165) is 13.0 Å². The number of benzene rings is 1. The Labute approximate surface area is 175 Å². The molecule has 166 valence electrons. The van der Waals surface area contributed by atoms with Gasteiger partial charge < -0.3 is 21.5 Å². The average Bonchev–Trinajstić information content (AvgIpc) is 2.65. The minimum absolute atomic E-state index is 0.0838. The highest BCUT2D eigenvalue weighted by Gasteiger charge is 2.59. The van der Waals surface area contributed by atoms with Gasteiger partial charge in [0.1, 0.15) is 22.9 Å². The fourth-order valence-electron chi connectivity index (χ4n) is 3.17. The molecule has 31 heavy (non-hydrogen) atoms. The molecule has 0 saturated heterocycles. The first-order chi connectivity index (χ1) is 14.3. The van der Waals surface area contributed by atoms with E-state index in [1.54, 1.807) is 13.0 Å². The number of nitrogen functional groups attached to an aromatic ring is 1. The number of nitrogens with one attached hydrogen (secondary N) is 1. The number of hydrogen-bond donors (Lipinski definition) is 3. The van der Waals surface area contributed by atoms with E-state index in [1.165, 1.54) is 25.3 Å². The summed E-state index contributed by atoms with van der Waals surface area (Å²) >= 11 is 0. The van der Waals surface area contributed by atoms with Gasteiger partial charge in [-0.05, 0) is 50.6 Å². The zero-order valence-corrected chi connectivity index (χ0v) is 17.0. The largest absolute Gasteiger partial charge is 0.424 e. The first-order valence-electron chi connectivity index (χ1n) is 9.17. The van der Waals surface area contributed by atoms with Crippen LogP contribution < -0.4 is 16.8 Å². The number of amidine groups is 1. The summed E-state index contributed by atoms with van der Waals surface area (Å²) in [7, 11) is 0. The van der Waals surface area contributed by atoms with E-state index in [2.05, 4.69) is 15.3 Å². The average molecular weight is 439 g/mol. The van der Waals surface area contributed by atoms with Crippen LogP contribution in [0.4, 0.5) is 28.9 Å². The van der Waals surface area contributed by atoms with Gasteiger partial charge in [-0.1, -0.05) is 0 Å². The first-order valence-corrected chi connectivity index (χ1v) is 9.17. The van der Waals surface area contributed by atoms with E-state index in [1.807, 2.05) is 0 Å². The van der Waals surface area contributed by atoms with Crippen LogP contribution in [0.25, 0.3) is 0 Å². The molecule has 1 aliphatic heterocycles. The highest BCUT2D eigenvalue weighted by Crippen LogP contribution is 2.41. The number of halogens is 4. The second kappa shape index (κ2) is 7.49. The van der Waals surface area contributed by atoms with E-state index >= 15 is 0 Å². The lowest BCUT2D eigenvalue weighted by molar-refractivity contribution is -0.249. The number of ether oxygens (including phenoxy) is 1. The molecule has 0 aliphatic carbocycles. The number of nitrogens with zero attached hydrogens (tertiary/aromatic N) is 2. The Morgan fingerprint density at radius 3 is 2.48 bits per heavy atom. The van der Waals surface area contributed by atoms with Crippen molar-refractivity contribution in [3.8, 4) is 0 Å². The van der Waals surface area contributed by atoms with Crippen molar-refractivity contribution in [2.45, 2.75) is 38.1 Å². The third-order valence-electron chi connectivity index (χ3n) is 5.16. The molecule has 2 atom stereocenters. The molecule has 3 rings (SSSR count). The molecule has 1 aliphatic rings. The van der Waals surface area contributed by atoms with Crippen LogP contribution in [0.5, 0.6) is 0 Å². The lowest BCUT2D eigenvalue weighted by Crippen LogP contribution is -2.60. The quantitative estimate of drug-likeness (QED) is 0.635. The van der Waals surface area contributed by atoms with Crippen molar-refractivity contribution in [2.24, 2.45) is 10.7 Å². The van der Waals surface area contributed by atoms with Gasteiger partial charge >= 0.3 is 6.18 Å². The van der Waals surface area contributed by atoms with Crippen molar-refractivity contribution in [1.82, 2.24) is 4.98 Å². The van der Waals surface area contributed by atoms with Crippen molar-refractivity contribution >= 4 is 23.1 Å². The molecular weight excluding hydrogens is 418 g/mol. The van der Waals surface area contributed by atoms with Gasteiger partial charge in [-0.15, -0.1) is 0 Å². The number of rotatable bonds is 3. The predicted molar refractivity (Wildman–Crippen MR) is 107 cm³/mol. The molecule has 11 heteroatoms. The smallest absolute Gasteiger partial charge is 0.397 e. The fourth-order valence-corrected chi connectivity index (χ4v) is 3.17. The number of alkyl halides is 3. The van der Waals surface area contributed by atoms with Gasteiger partial charge in [0.25, 0.3) is 5.91 Å². The van der Waals surface area contributed by atoms with Crippen molar-refractivity contribution in [1.29, 1.82) is 0 Å². The monoisotopic (exact) mass is 439 g/mol. The number of carbonyl (C=O) groups excluding carboxylic acids is 1. The molecule has 0 spiro atoms. The molecule has 0 bridgehead atoms. The Bertz CT molecular complexity index is 1070. The fraction of sp³-hybridized carbons (Fsp3) is 0.350. The summed E-state index contributed by atoms with van der Waals surface area (Å²) < 4.78 is 59.6. The highest BCUT2D eigenvalue weighted by atomic mass is 19.4. The van der Waals surface area contributed by atoms with Gasteiger partial charge in [0.15, 0.2) is 0 Å². The Balaban J connectivity index is 1.94. The third-order valence-corrected chi connectivity index (χ3v) is 5.16. The third kappa shape index (κ3) is 4.05. The molecule has 1 amide bonds. The molecule has 2 heterocycles. The number of hydrogen-bond acceptors (Lipinski definition) is 6. The van der Waals surface area contributed by atoms with E-state index in [0.29, 0.717) is 11.3 Å². The van der Waals surface area contributed by atoms with Crippen LogP contribution in [0.15, 0.2) is 35.5 Å². The number of aromatic nitrogens is 1. The van der Waals surface area contributed by atoms with Crippen molar-refractivity contribution in [3.05, 3.63) is 53.1 Å². The van der Waals surface area contributed by atoms with Crippen molar-refractivity contribution in [3.63, 3.8) is 0 Å². The molecule has 0 fully saturated rings. The predicted octanol–water partition coefficient (Wildman–Crippen LogP) is 3.29. The van der Waals surface area contributed by atoms with Crippen LogP contribution in [0, 0.1) is 12.7 Å². The zero-order valence-electron chi connectivity index (χ0n) is 17.0. The van der Waals surface area contributed by atoms with E-state index in [-0.39, 0.29) is 16.9 Å². The van der Waals surface area contributed by atoms with Gasteiger partial charge in [0, 0.05) is 11.3 Å². The van der Waals surface area contributed by atoms with Gasteiger partial charge in [-0.3, -0.25) is 9.79 Å². The Morgan fingerprint density at radius 1 is 1.23 bits per heavy atom. The molecule has 5 N–H and O–H groups in total. The number of aryl methyl sites for hydroxylation is 1. The molecule has 0 radical (unpaired) electrons. The summed E-state index contributed by atoms with van der Waals surface area (Å²) in [5.74, 6) is -2.12. The SMILES string of the molecule is Cc1cc(N)cnc1C(=O)Nc1ccc(F)c([C@]2(C)CO[C@@](C)(C(F)(F)F)C(N)=N2)c1. The summed E-state index contributed by atoms with van der Waals surface area (Å²) in [6.45, 7) is 3.24. The summed E-state index contributed by atoms with van der Waals surface area (Å²) in [5.41, 5.74) is 8.07. The Morgan fingerprint density at radius 2 is 1.90 bits per heavy atom. The Kier molecular flexibility index (Phi) is 5.43. The van der Waals surface area contributed by atoms with E-state index in [9.17, 15) is 22.4 Å². The molecule has 2 aromatic rings. The second-order valence-corrected chi connectivity index (χ2v) is 7.67. The lowest BCUT2D eigenvalue weighted by Gasteiger charge is -2.41. The molecule has 1 aromatic heterocycles. The molecule has 7 nitrogen and oxygen atoms in total. The summed E-state index contributed by atoms with van der Waals surface area (Å²) in [5, 5.41) is 2.58. The standard InChI is InChI=1S/C20H21F4N5O2/c1-10-6-11(25)8-27-15(10)16(30)28-12-4-5-14(21)13(7-12)18(2)9-31-19(3,17(26)29-18)20(22,23)24/h4-8H,9,25H2,1-3H3,(H2,26,29)(H,28,30)/t18-,19+/m0/s1. The van der Waals surface area contributed by atoms with Crippen LogP contribution >= 0.6 is 0 Å². The number of aliphatic imine (C=N–C) groups is 1. The van der Waals surface area contributed by atoms with Gasteiger partial charge in [-0.25, -0.2) is 9.37 Å². The maximum absolute atomic E-state index is 14.6. The van der Waals surface area contributed by atoms with Gasteiger partial charge in [0.05, 0.1) is 18.5 Å². The minimum Gasteiger partial charge on any atom is -0.397 e. The van der Waals surface area contributed by atoms with Crippen LogP contribution in [0.1, 0.15) is 35.5 Å². The number of carbonyl (C=O) groups is 1. The molecule has 0 saturated carbocycles. The normalized spacial score (nSPS) is 23.9. The number of pyridine rings is 1. The Hall–Kier alpha value is -3.21. The molecular formula is C20H21F4N5O2. The minimum atomic E-state index is -4.79. The zero-order chi connectivity index (χ0) is 23.2. The topological polar surface area (TPSA) is 116 Å². The first kappa shape index (κ1) is 22.5. The van der Waals surface area contributed by atoms with Gasteiger partial charge in [0.2, 0.25) is 5.60 Å². The van der Waals surface area contributed by atoms with Crippen molar-refractivity contribution < 1.29 is 27.1 Å². The number of amides is 1. The van der Waals surface area contributed by atoms with Crippen molar-refractivity contribution in [2.75, 3.05) is 17.7 Å². The van der Waals surface area contributed by atoms with E-state index in [4.69, 9.17) is 16.2 Å². The van der Waals surface area contributed by atoms with Gasteiger partial charge in [-0.2, -0.15) is 13.2 Å². The van der Waals surface area contributed by atoms with E-state index < -0.39 is 41.5 Å². The summed E-state index contributed by atoms with van der Waals surface area (Å²) in [6.07, 6.45) is -3.46. The maximum Gasteiger partial charge on any atom is 0.424 e. The summed E-state index contributed by atoms with van der Waals surface area (Å²) in [6, 6.07) is 5.23. The molecule has 1 aromatic carbocycles. The number of nitrogens with two attached hydrogens (primary N) is 2. The van der Waals surface area contributed by atoms with Crippen LogP contribution in [-0.2, 0) is 10.3 Å². The highest BCUT2D eigenvalue weighted by molar-refractivity contribution is 6.04. The lowest BCUT2D eigenvalue weighted by atomic mass is 9.89.